The van der Waals surface area contributed by atoms with Gasteiger partial charge in [-0.1, -0.05) is 29.3 Å². The van der Waals surface area contributed by atoms with Gasteiger partial charge in [-0.2, -0.15) is 0 Å². The maximum absolute atomic E-state index is 12.8. The number of anilines is 1. The largest absolute Gasteiger partial charge is 0.335 e. The predicted molar refractivity (Wildman–Crippen MR) is 103 cm³/mol. The van der Waals surface area contributed by atoms with E-state index in [1.165, 1.54) is 24.3 Å². The van der Waals surface area contributed by atoms with Crippen LogP contribution in [0, 0.1) is 17.0 Å². The van der Waals surface area contributed by atoms with Crippen LogP contribution in [-0.4, -0.2) is 22.8 Å². The topological polar surface area (TPSA) is 110 Å². The summed E-state index contributed by atoms with van der Waals surface area (Å²) >= 11 is 12.1. The minimum atomic E-state index is -0.938. The molecule has 28 heavy (non-hydrogen) atoms. The van der Waals surface area contributed by atoms with Crippen molar-refractivity contribution in [3.05, 3.63) is 73.3 Å². The van der Waals surface area contributed by atoms with Crippen LogP contribution in [0.1, 0.15) is 11.1 Å². The van der Waals surface area contributed by atoms with E-state index >= 15 is 0 Å². The number of carbonyl (C=O) groups excluding carboxylic acids is 3. The van der Waals surface area contributed by atoms with Gasteiger partial charge in [0.2, 0.25) is 0 Å². The van der Waals surface area contributed by atoms with Crippen molar-refractivity contribution in [2.45, 2.75) is 6.92 Å². The van der Waals surface area contributed by atoms with E-state index in [-0.39, 0.29) is 22.0 Å². The lowest BCUT2D eigenvalue weighted by Crippen LogP contribution is -2.54. The van der Waals surface area contributed by atoms with Gasteiger partial charge in [-0.15, -0.1) is 0 Å². The highest BCUT2D eigenvalue weighted by Gasteiger charge is 2.37. The summed E-state index contributed by atoms with van der Waals surface area (Å²) in [7, 11) is 0. The third-order valence-corrected chi connectivity index (χ3v) is 4.76. The Balaban J connectivity index is 2.07. The minimum Gasteiger partial charge on any atom is -0.273 e. The zero-order chi connectivity index (χ0) is 20.6. The molecule has 0 radical (unpaired) electrons. The first-order valence-electron chi connectivity index (χ1n) is 7.80. The Kier molecular flexibility index (Phi) is 5.17. The molecule has 10 heteroatoms. The summed E-state index contributed by atoms with van der Waals surface area (Å²) in [6, 6.07) is 7.21. The van der Waals surface area contributed by atoms with Crippen molar-refractivity contribution in [3.8, 4) is 0 Å². The Hall–Kier alpha value is -3.23. The molecule has 8 nitrogen and oxygen atoms in total. The van der Waals surface area contributed by atoms with Gasteiger partial charge in [-0.25, -0.2) is 9.69 Å². The highest BCUT2D eigenvalue weighted by Crippen LogP contribution is 2.28. The standard InChI is InChI=1S/C18H11Cl2N3O5/c1-9-2-3-11(8-15(9)20)22-17(25)13(16(24)21-18(22)26)7-10-6-12(23(27)28)4-5-14(10)19/h2-8H,1H3,(H,21,24,26)/b13-7-. The van der Waals surface area contributed by atoms with E-state index in [1.807, 2.05) is 0 Å². The van der Waals surface area contributed by atoms with Crippen LogP contribution in [0.25, 0.3) is 6.08 Å². The molecule has 1 heterocycles. The first-order chi connectivity index (χ1) is 13.2. The van der Waals surface area contributed by atoms with Crippen molar-refractivity contribution in [3.63, 3.8) is 0 Å². The molecule has 0 aliphatic carbocycles. The van der Waals surface area contributed by atoms with Gasteiger partial charge in [0.15, 0.2) is 0 Å². The molecule has 0 saturated carbocycles. The van der Waals surface area contributed by atoms with Gasteiger partial charge in [0.25, 0.3) is 17.5 Å². The van der Waals surface area contributed by atoms with Crippen molar-refractivity contribution in [1.29, 1.82) is 0 Å². The molecule has 0 atom stereocenters. The first kappa shape index (κ1) is 19.5. The second kappa shape index (κ2) is 7.41. The lowest BCUT2D eigenvalue weighted by molar-refractivity contribution is -0.384. The number of nitrogens with one attached hydrogen (secondary N) is 1. The molecule has 1 aliphatic rings. The summed E-state index contributed by atoms with van der Waals surface area (Å²) in [6.45, 7) is 1.75. The summed E-state index contributed by atoms with van der Waals surface area (Å²) in [4.78, 5) is 48.3. The average molecular weight is 420 g/mol. The Morgan fingerprint density at radius 3 is 2.43 bits per heavy atom. The maximum Gasteiger partial charge on any atom is 0.335 e. The number of hydrogen-bond donors (Lipinski definition) is 1. The van der Waals surface area contributed by atoms with Crippen LogP contribution in [0.15, 0.2) is 42.0 Å². The molecule has 1 N–H and O–H groups in total. The Bertz CT molecular complexity index is 1080. The fraction of sp³-hybridized carbons (Fsp3) is 0.0556. The number of urea groups is 1. The van der Waals surface area contributed by atoms with Crippen LogP contribution in [0.2, 0.25) is 10.0 Å². The third kappa shape index (κ3) is 3.60. The minimum absolute atomic E-state index is 0.0885. The molecule has 1 aliphatic heterocycles. The van der Waals surface area contributed by atoms with Gasteiger partial charge in [0.05, 0.1) is 10.6 Å². The molecule has 0 spiro atoms. The van der Waals surface area contributed by atoms with E-state index in [1.54, 1.807) is 13.0 Å². The van der Waals surface area contributed by atoms with Crippen LogP contribution >= 0.6 is 23.2 Å². The molecule has 0 unspecified atom stereocenters. The summed E-state index contributed by atoms with van der Waals surface area (Å²) in [5.74, 6) is -1.84. The number of aryl methyl sites for hydroxylation is 1. The first-order valence-corrected chi connectivity index (χ1v) is 8.56. The fourth-order valence-electron chi connectivity index (χ4n) is 2.52. The second-order valence-corrected chi connectivity index (χ2v) is 6.67. The number of benzene rings is 2. The predicted octanol–water partition coefficient (Wildman–Crippen LogP) is 3.88. The normalized spacial score (nSPS) is 15.8. The number of non-ortho nitro benzene ring substituents is 1. The van der Waals surface area contributed by atoms with Crippen LogP contribution in [0.5, 0.6) is 0 Å². The number of hydrogen-bond acceptors (Lipinski definition) is 5. The van der Waals surface area contributed by atoms with Crippen molar-refractivity contribution in [2.75, 3.05) is 4.90 Å². The van der Waals surface area contributed by atoms with Crippen molar-refractivity contribution in [1.82, 2.24) is 5.32 Å². The smallest absolute Gasteiger partial charge is 0.273 e. The molecule has 1 fully saturated rings. The van der Waals surface area contributed by atoms with Gasteiger partial charge in [0.1, 0.15) is 5.57 Å². The number of barbiturate groups is 1. The van der Waals surface area contributed by atoms with Crippen molar-refractivity contribution >= 4 is 58.5 Å². The summed E-state index contributed by atoms with van der Waals surface area (Å²) in [5, 5.41) is 13.4. The molecule has 142 valence electrons. The third-order valence-electron chi connectivity index (χ3n) is 4.01. The van der Waals surface area contributed by atoms with E-state index in [2.05, 4.69) is 5.32 Å². The van der Waals surface area contributed by atoms with E-state index < -0.39 is 28.3 Å². The van der Waals surface area contributed by atoms with Gasteiger partial charge in [-0.05, 0) is 36.8 Å². The molecule has 0 bridgehead atoms. The highest BCUT2D eigenvalue weighted by molar-refractivity contribution is 6.40. The Morgan fingerprint density at radius 1 is 1.07 bits per heavy atom. The number of nitro benzene ring substituents is 1. The fourth-order valence-corrected chi connectivity index (χ4v) is 2.87. The van der Waals surface area contributed by atoms with Crippen LogP contribution in [0.4, 0.5) is 16.2 Å². The molecule has 1 saturated heterocycles. The van der Waals surface area contributed by atoms with Gasteiger partial charge >= 0.3 is 6.03 Å². The summed E-state index contributed by atoms with van der Waals surface area (Å²) in [6.07, 6.45) is 1.10. The quantitative estimate of drug-likeness (QED) is 0.351. The van der Waals surface area contributed by atoms with E-state index in [0.717, 1.165) is 22.6 Å². The van der Waals surface area contributed by atoms with E-state index in [4.69, 9.17) is 23.2 Å². The van der Waals surface area contributed by atoms with Gasteiger partial charge in [-0.3, -0.25) is 25.0 Å². The SMILES string of the molecule is Cc1ccc(N2C(=O)NC(=O)/C(=C/c3cc([N+](=O)[O-])ccc3Cl)C2=O)cc1Cl. The van der Waals surface area contributed by atoms with Crippen LogP contribution in [0.3, 0.4) is 0 Å². The van der Waals surface area contributed by atoms with Crippen molar-refractivity contribution < 1.29 is 19.3 Å². The number of amides is 4. The Morgan fingerprint density at radius 2 is 1.79 bits per heavy atom. The van der Waals surface area contributed by atoms with Gasteiger partial charge < -0.3 is 0 Å². The molecular formula is C18H11Cl2N3O5. The summed E-state index contributed by atoms with van der Waals surface area (Å²) in [5.41, 5.74) is 0.328. The number of imide groups is 2. The van der Waals surface area contributed by atoms with Crippen LogP contribution in [-0.2, 0) is 9.59 Å². The molecule has 2 aromatic rings. The van der Waals surface area contributed by atoms with Crippen LogP contribution < -0.4 is 10.2 Å². The lowest BCUT2D eigenvalue weighted by atomic mass is 10.1. The molecule has 0 aromatic heterocycles. The number of nitro groups is 1. The lowest BCUT2D eigenvalue weighted by Gasteiger charge is -2.26. The number of rotatable bonds is 3. The second-order valence-electron chi connectivity index (χ2n) is 5.85. The number of carbonyl (C=O) groups is 3. The zero-order valence-electron chi connectivity index (χ0n) is 14.2. The van der Waals surface area contributed by atoms with Crippen molar-refractivity contribution in [2.24, 2.45) is 0 Å². The molecule has 3 rings (SSSR count). The maximum atomic E-state index is 12.8. The van der Waals surface area contributed by atoms with E-state index in [9.17, 15) is 24.5 Å². The highest BCUT2D eigenvalue weighted by atomic mass is 35.5. The summed E-state index contributed by atoms with van der Waals surface area (Å²) < 4.78 is 0. The number of halogens is 2. The monoisotopic (exact) mass is 419 g/mol. The van der Waals surface area contributed by atoms with E-state index in [0.29, 0.717) is 5.02 Å². The van der Waals surface area contributed by atoms with Gasteiger partial charge in [0, 0.05) is 27.7 Å². The molecule has 2 aromatic carbocycles. The molecular weight excluding hydrogens is 409 g/mol. The Labute approximate surface area is 168 Å². The average Bonchev–Trinajstić information content (AvgIpc) is 2.62. The zero-order valence-corrected chi connectivity index (χ0v) is 15.7. The number of nitrogens with zero attached hydrogens (tertiary/aromatic N) is 2. The molecule has 4 amide bonds.